The van der Waals surface area contributed by atoms with Gasteiger partial charge in [-0.05, 0) is 18.4 Å². The Morgan fingerprint density at radius 2 is 1.88 bits per heavy atom. The van der Waals surface area contributed by atoms with Crippen molar-refractivity contribution in [2.45, 2.75) is 40.5 Å². The quantitative estimate of drug-likeness (QED) is 0.786. The second-order valence-electron chi connectivity index (χ2n) is 3.88. The smallest absolute Gasteiger partial charge is 0.158 e. The molecule has 0 aliphatic rings. The molecule has 0 unspecified atom stereocenters. The minimum absolute atomic E-state index is 0.438. The molecule has 0 atom stereocenters. The molecular weight excluding hydrogens is 210 g/mol. The molecule has 2 nitrogen and oxygen atoms in total. The molecule has 1 N–H and O–H groups in total. The van der Waals surface area contributed by atoms with E-state index in [1.807, 2.05) is 26.0 Å². The summed E-state index contributed by atoms with van der Waals surface area (Å²) in [6.45, 7) is 14.2. The Balaban J connectivity index is 0.00000121. The summed E-state index contributed by atoms with van der Waals surface area (Å²) in [6.07, 6.45) is 1.82. The zero-order valence-electron chi connectivity index (χ0n) is 11.9. The molecular formula is C15H25NO. The Labute approximate surface area is 106 Å². The predicted octanol–water partition coefficient (Wildman–Crippen LogP) is 4.30. The highest BCUT2D eigenvalue weighted by Crippen LogP contribution is 2.33. The third-order valence-corrected chi connectivity index (χ3v) is 2.45. The summed E-state index contributed by atoms with van der Waals surface area (Å²) in [6, 6.07) is 4.13. The van der Waals surface area contributed by atoms with E-state index in [0.717, 1.165) is 11.3 Å². The van der Waals surface area contributed by atoms with Gasteiger partial charge in [0.2, 0.25) is 0 Å². The zero-order valence-corrected chi connectivity index (χ0v) is 11.9. The van der Waals surface area contributed by atoms with Crippen LogP contribution in [0.15, 0.2) is 18.7 Å². The molecule has 0 spiro atoms. The Bertz CT molecular complexity index is 356. The maximum Gasteiger partial charge on any atom is 0.158 e. The molecule has 0 saturated heterocycles. The fourth-order valence-corrected chi connectivity index (χ4v) is 1.81. The van der Waals surface area contributed by atoms with Crippen molar-refractivity contribution in [2.24, 2.45) is 0 Å². The van der Waals surface area contributed by atoms with Crippen molar-refractivity contribution in [1.82, 2.24) is 5.48 Å². The Morgan fingerprint density at radius 3 is 2.29 bits per heavy atom. The molecule has 1 aromatic carbocycles. The van der Waals surface area contributed by atoms with Crippen LogP contribution in [0.1, 0.15) is 50.3 Å². The predicted molar refractivity (Wildman–Crippen MR) is 76.4 cm³/mol. The molecule has 0 radical (unpaired) electrons. The monoisotopic (exact) mass is 235 g/mol. The molecule has 0 heterocycles. The number of rotatable bonds is 4. The topological polar surface area (TPSA) is 21.3 Å². The molecule has 17 heavy (non-hydrogen) atoms. The van der Waals surface area contributed by atoms with E-state index in [2.05, 4.69) is 38.9 Å². The number of hydroxylamine groups is 1. The van der Waals surface area contributed by atoms with Gasteiger partial charge in [0.25, 0.3) is 0 Å². The van der Waals surface area contributed by atoms with Gasteiger partial charge in [0, 0.05) is 18.2 Å². The van der Waals surface area contributed by atoms with E-state index in [1.165, 1.54) is 11.1 Å². The van der Waals surface area contributed by atoms with Crippen molar-refractivity contribution in [1.29, 1.82) is 0 Å². The molecule has 0 fully saturated rings. The zero-order chi connectivity index (χ0) is 13.4. The van der Waals surface area contributed by atoms with Gasteiger partial charge in [0.15, 0.2) is 5.75 Å². The summed E-state index contributed by atoms with van der Waals surface area (Å²) in [5, 5.41) is 0. The first-order valence-corrected chi connectivity index (χ1v) is 6.21. The Morgan fingerprint density at radius 1 is 1.29 bits per heavy atom. The third kappa shape index (κ3) is 3.90. The molecule has 0 aromatic heterocycles. The van der Waals surface area contributed by atoms with E-state index in [0.29, 0.717) is 5.92 Å². The average Bonchev–Trinajstić information content (AvgIpc) is 2.32. The normalized spacial score (nSPS) is 9.59. The van der Waals surface area contributed by atoms with Crippen molar-refractivity contribution in [3.05, 3.63) is 35.4 Å². The van der Waals surface area contributed by atoms with Gasteiger partial charge in [-0.1, -0.05) is 52.5 Å². The lowest BCUT2D eigenvalue weighted by Crippen LogP contribution is -2.14. The summed E-state index contributed by atoms with van der Waals surface area (Å²) >= 11 is 0. The number of benzene rings is 1. The SMILES string of the molecule is C=Cc1ccc(C)c(C(C)C)c1ONC.CC. The molecule has 0 bridgehead atoms. The van der Waals surface area contributed by atoms with E-state index in [-0.39, 0.29) is 0 Å². The second kappa shape index (κ2) is 7.91. The molecule has 1 rings (SSSR count). The highest BCUT2D eigenvalue weighted by molar-refractivity contribution is 5.61. The summed E-state index contributed by atoms with van der Waals surface area (Å²) < 4.78 is 0. The van der Waals surface area contributed by atoms with Crippen molar-refractivity contribution < 1.29 is 4.84 Å². The first-order valence-electron chi connectivity index (χ1n) is 6.21. The number of hydrogen-bond acceptors (Lipinski definition) is 2. The van der Waals surface area contributed by atoms with E-state index in [1.54, 1.807) is 7.05 Å². The van der Waals surface area contributed by atoms with Gasteiger partial charge in [0.05, 0.1) is 0 Å². The molecule has 0 amide bonds. The van der Waals surface area contributed by atoms with Gasteiger partial charge in [-0.2, -0.15) is 5.48 Å². The second-order valence-corrected chi connectivity index (χ2v) is 3.88. The highest BCUT2D eigenvalue weighted by Gasteiger charge is 2.14. The van der Waals surface area contributed by atoms with Crippen LogP contribution < -0.4 is 10.3 Å². The fraction of sp³-hybridized carbons (Fsp3) is 0.467. The summed E-state index contributed by atoms with van der Waals surface area (Å²) in [7, 11) is 1.76. The van der Waals surface area contributed by atoms with Gasteiger partial charge in [-0.15, -0.1) is 0 Å². The molecule has 96 valence electrons. The van der Waals surface area contributed by atoms with Crippen LogP contribution in [0.5, 0.6) is 5.75 Å². The summed E-state index contributed by atoms with van der Waals surface area (Å²) in [5.74, 6) is 1.33. The minimum atomic E-state index is 0.438. The van der Waals surface area contributed by atoms with Gasteiger partial charge in [-0.25, -0.2) is 0 Å². The molecule has 2 heteroatoms. The van der Waals surface area contributed by atoms with E-state index in [9.17, 15) is 0 Å². The first kappa shape index (κ1) is 15.7. The number of nitrogens with one attached hydrogen (secondary N) is 1. The lowest BCUT2D eigenvalue weighted by Gasteiger charge is -2.17. The van der Waals surface area contributed by atoms with Gasteiger partial charge < -0.3 is 4.84 Å². The third-order valence-electron chi connectivity index (χ3n) is 2.45. The van der Waals surface area contributed by atoms with E-state index < -0.39 is 0 Å². The number of hydrogen-bond donors (Lipinski definition) is 1. The van der Waals surface area contributed by atoms with Crippen molar-refractivity contribution >= 4 is 6.08 Å². The van der Waals surface area contributed by atoms with E-state index in [4.69, 9.17) is 4.84 Å². The first-order chi connectivity index (χ1) is 8.11. The van der Waals surface area contributed by atoms with Crippen LogP contribution in [0.3, 0.4) is 0 Å². The molecule has 0 aliphatic carbocycles. The van der Waals surface area contributed by atoms with E-state index >= 15 is 0 Å². The number of aryl methyl sites for hydroxylation is 1. The van der Waals surface area contributed by atoms with Crippen LogP contribution in [-0.4, -0.2) is 7.05 Å². The maximum atomic E-state index is 5.48. The van der Waals surface area contributed by atoms with Crippen molar-refractivity contribution in [2.75, 3.05) is 7.05 Å². The Hall–Kier alpha value is -1.28. The van der Waals surface area contributed by atoms with Crippen LogP contribution in [0, 0.1) is 6.92 Å². The minimum Gasteiger partial charge on any atom is -0.408 e. The lowest BCUT2D eigenvalue weighted by atomic mass is 9.94. The fourth-order valence-electron chi connectivity index (χ4n) is 1.81. The van der Waals surface area contributed by atoms with Crippen LogP contribution >= 0.6 is 0 Å². The van der Waals surface area contributed by atoms with Crippen LogP contribution in [0.4, 0.5) is 0 Å². The largest absolute Gasteiger partial charge is 0.408 e. The van der Waals surface area contributed by atoms with Gasteiger partial charge in [0.1, 0.15) is 0 Å². The van der Waals surface area contributed by atoms with Crippen LogP contribution in [0.25, 0.3) is 6.08 Å². The van der Waals surface area contributed by atoms with Crippen LogP contribution in [-0.2, 0) is 0 Å². The highest BCUT2D eigenvalue weighted by atomic mass is 16.6. The molecule has 0 saturated carbocycles. The molecule has 0 aliphatic heterocycles. The van der Waals surface area contributed by atoms with Crippen LogP contribution in [0.2, 0.25) is 0 Å². The Kier molecular flexibility index (Phi) is 7.31. The molecule has 1 aromatic rings. The summed E-state index contributed by atoms with van der Waals surface area (Å²) in [5.41, 5.74) is 6.25. The standard InChI is InChI=1S/C13H19NO.C2H6/c1-6-11-8-7-10(4)12(9(2)3)13(11)15-14-5;1-2/h6-9,14H,1H2,2-5H3;1-2H3. The lowest BCUT2D eigenvalue weighted by molar-refractivity contribution is 0.220. The summed E-state index contributed by atoms with van der Waals surface area (Å²) in [4.78, 5) is 5.48. The van der Waals surface area contributed by atoms with Crippen molar-refractivity contribution in [3.8, 4) is 5.75 Å². The van der Waals surface area contributed by atoms with Gasteiger partial charge >= 0.3 is 0 Å². The average molecular weight is 235 g/mol. The van der Waals surface area contributed by atoms with Crippen molar-refractivity contribution in [3.63, 3.8) is 0 Å². The van der Waals surface area contributed by atoms with Gasteiger partial charge in [-0.3, -0.25) is 0 Å². The maximum absolute atomic E-state index is 5.48.